The molecule has 1 heterocycles. The molecule has 2 rings (SSSR count). The molecular formula is C12H11I2NO2S2. The van der Waals surface area contributed by atoms with Gasteiger partial charge in [0.05, 0.1) is 5.75 Å². The Morgan fingerprint density at radius 3 is 3.00 bits per heavy atom. The standard InChI is InChI=1S/C12H11I2NO2S2/c13-8-2-1-3-9(4-8)16-11(14)7-19-6-10-5-15-12(18)17-10/h1-5,11H,6-7H2,(H,15,18). The highest BCUT2D eigenvalue weighted by atomic mass is 127. The first-order chi connectivity index (χ1) is 9.13. The SMILES string of the molecule is S=c1[nH]cc(CSCC(I)Oc2cccc(I)c2)o1. The van der Waals surface area contributed by atoms with E-state index in [-0.39, 0.29) is 4.11 Å². The molecule has 0 radical (unpaired) electrons. The van der Waals surface area contributed by atoms with E-state index in [1.165, 1.54) is 3.57 Å². The molecule has 0 aliphatic rings. The van der Waals surface area contributed by atoms with Crippen LogP contribution in [-0.2, 0) is 5.75 Å². The van der Waals surface area contributed by atoms with Gasteiger partial charge in [-0.3, -0.25) is 0 Å². The van der Waals surface area contributed by atoms with Crippen molar-refractivity contribution in [3.8, 4) is 5.75 Å². The van der Waals surface area contributed by atoms with Crippen molar-refractivity contribution in [2.24, 2.45) is 0 Å². The van der Waals surface area contributed by atoms with Crippen LogP contribution in [0.4, 0.5) is 0 Å². The summed E-state index contributed by atoms with van der Waals surface area (Å²) in [6, 6.07) is 8.05. The summed E-state index contributed by atoms with van der Waals surface area (Å²) in [5, 5.41) is 0. The van der Waals surface area contributed by atoms with Gasteiger partial charge < -0.3 is 14.1 Å². The van der Waals surface area contributed by atoms with Crippen LogP contribution in [0.15, 0.2) is 34.9 Å². The van der Waals surface area contributed by atoms with E-state index < -0.39 is 0 Å². The number of oxazole rings is 1. The van der Waals surface area contributed by atoms with E-state index >= 15 is 0 Å². The van der Waals surface area contributed by atoms with Crippen molar-refractivity contribution in [3.63, 3.8) is 0 Å². The molecular weight excluding hydrogens is 508 g/mol. The first kappa shape index (κ1) is 15.6. The maximum atomic E-state index is 5.84. The third-order valence-corrected chi connectivity index (χ3v) is 5.32. The predicted molar refractivity (Wildman–Crippen MR) is 97.6 cm³/mol. The number of hydrogen-bond acceptors (Lipinski definition) is 4. The summed E-state index contributed by atoms with van der Waals surface area (Å²) in [4.78, 5) is 3.28. The maximum absolute atomic E-state index is 5.84. The molecule has 3 nitrogen and oxygen atoms in total. The summed E-state index contributed by atoms with van der Waals surface area (Å²) in [6.45, 7) is 0. The molecule has 1 N–H and O–H groups in total. The van der Waals surface area contributed by atoms with E-state index in [0.29, 0.717) is 4.84 Å². The number of hydrogen-bond donors (Lipinski definition) is 1. The van der Waals surface area contributed by atoms with Crippen molar-refractivity contribution in [2.45, 2.75) is 9.86 Å². The van der Waals surface area contributed by atoms with Crippen molar-refractivity contribution >= 4 is 69.2 Å². The van der Waals surface area contributed by atoms with Crippen molar-refractivity contribution in [3.05, 3.63) is 44.6 Å². The van der Waals surface area contributed by atoms with Gasteiger partial charge in [-0.2, -0.15) is 0 Å². The van der Waals surface area contributed by atoms with Gasteiger partial charge in [-0.25, -0.2) is 0 Å². The van der Waals surface area contributed by atoms with E-state index in [0.717, 1.165) is 23.0 Å². The molecule has 0 saturated carbocycles. The number of aromatic amines is 1. The van der Waals surface area contributed by atoms with Crippen molar-refractivity contribution in [1.29, 1.82) is 0 Å². The van der Waals surface area contributed by atoms with Crippen LogP contribution >= 0.6 is 69.2 Å². The predicted octanol–water partition coefficient (Wildman–Crippen LogP) is 5.02. The second kappa shape index (κ2) is 7.89. The van der Waals surface area contributed by atoms with E-state index in [1.807, 2.05) is 24.3 Å². The summed E-state index contributed by atoms with van der Waals surface area (Å²) >= 11 is 11.2. The first-order valence-corrected chi connectivity index (χ1v) is 9.33. The Labute approximate surface area is 148 Å². The van der Waals surface area contributed by atoms with Crippen LogP contribution in [-0.4, -0.2) is 14.8 Å². The second-order valence-electron chi connectivity index (χ2n) is 3.64. The van der Waals surface area contributed by atoms with Crippen molar-refractivity contribution in [1.82, 2.24) is 4.98 Å². The van der Waals surface area contributed by atoms with Crippen molar-refractivity contribution in [2.75, 3.05) is 5.75 Å². The minimum absolute atomic E-state index is 0.128. The Kier molecular flexibility index (Phi) is 6.50. The molecule has 7 heteroatoms. The third-order valence-electron chi connectivity index (χ3n) is 2.13. The van der Waals surface area contributed by atoms with Crippen LogP contribution in [0.5, 0.6) is 5.75 Å². The summed E-state index contributed by atoms with van der Waals surface area (Å²) in [6.07, 6.45) is 1.80. The highest BCUT2D eigenvalue weighted by molar-refractivity contribution is 14.1. The highest BCUT2D eigenvalue weighted by Gasteiger charge is 2.07. The van der Waals surface area contributed by atoms with Gasteiger partial charge in [0.25, 0.3) is 4.84 Å². The Morgan fingerprint density at radius 1 is 1.47 bits per heavy atom. The van der Waals surface area contributed by atoms with Gasteiger partial charge in [-0.05, 0) is 75.6 Å². The largest absolute Gasteiger partial charge is 0.479 e. The van der Waals surface area contributed by atoms with Gasteiger partial charge >= 0.3 is 0 Å². The third kappa shape index (κ3) is 5.64. The van der Waals surface area contributed by atoms with E-state index in [1.54, 1.807) is 18.0 Å². The molecule has 0 bridgehead atoms. The van der Waals surface area contributed by atoms with Crippen LogP contribution in [0.3, 0.4) is 0 Å². The lowest BCUT2D eigenvalue weighted by Gasteiger charge is -2.12. The van der Waals surface area contributed by atoms with E-state index in [2.05, 4.69) is 50.2 Å². The number of benzene rings is 1. The van der Waals surface area contributed by atoms with Crippen LogP contribution < -0.4 is 4.74 Å². The Bertz CT molecular complexity index is 585. The molecule has 19 heavy (non-hydrogen) atoms. The zero-order chi connectivity index (χ0) is 13.7. The highest BCUT2D eigenvalue weighted by Crippen LogP contribution is 2.21. The topological polar surface area (TPSA) is 38.2 Å². The Morgan fingerprint density at radius 2 is 2.32 bits per heavy atom. The molecule has 0 aliphatic carbocycles. The molecule has 102 valence electrons. The number of ether oxygens (including phenoxy) is 1. The molecule has 0 fully saturated rings. The normalized spacial score (nSPS) is 12.3. The van der Waals surface area contributed by atoms with Crippen LogP contribution in [0, 0.1) is 8.41 Å². The fraction of sp³-hybridized carbons (Fsp3) is 0.250. The van der Waals surface area contributed by atoms with Crippen LogP contribution in [0.25, 0.3) is 0 Å². The van der Waals surface area contributed by atoms with E-state index in [4.69, 9.17) is 21.4 Å². The van der Waals surface area contributed by atoms with Gasteiger partial charge in [0.2, 0.25) is 0 Å². The fourth-order valence-corrected chi connectivity index (χ4v) is 3.81. The number of halogens is 2. The fourth-order valence-electron chi connectivity index (χ4n) is 1.36. The molecule has 0 amide bonds. The van der Waals surface area contributed by atoms with Gasteiger partial charge in [0.1, 0.15) is 11.5 Å². The maximum Gasteiger partial charge on any atom is 0.266 e. The molecule has 1 atom stereocenters. The minimum atomic E-state index is 0.128. The van der Waals surface area contributed by atoms with E-state index in [9.17, 15) is 0 Å². The molecule has 0 saturated heterocycles. The summed E-state index contributed by atoms with van der Waals surface area (Å²) in [5.74, 6) is 3.46. The number of aromatic nitrogens is 1. The molecule has 0 aliphatic heterocycles. The first-order valence-electron chi connectivity index (χ1n) is 5.45. The minimum Gasteiger partial charge on any atom is -0.479 e. The van der Waals surface area contributed by atoms with Gasteiger partial charge in [-0.15, -0.1) is 11.8 Å². The van der Waals surface area contributed by atoms with Gasteiger partial charge in [0, 0.05) is 15.5 Å². The number of nitrogens with one attached hydrogen (secondary N) is 1. The zero-order valence-corrected chi connectivity index (χ0v) is 15.7. The average molecular weight is 519 g/mol. The Balaban J connectivity index is 1.75. The zero-order valence-electron chi connectivity index (χ0n) is 9.77. The smallest absolute Gasteiger partial charge is 0.266 e. The molecule has 1 aromatic heterocycles. The van der Waals surface area contributed by atoms with Crippen LogP contribution in [0.2, 0.25) is 0 Å². The monoisotopic (exact) mass is 519 g/mol. The lowest BCUT2D eigenvalue weighted by atomic mass is 10.3. The number of alkyl halides is 1. The summed E-state index contributed by atoms with van der Waals surface area (Å²) in [5.41, 5.74) is 0. The lowest BCUT2D eigenvalue weighted by Crippen LogP contribution is -2.11. The van der Waals surface area contributed by atoms with Crippen LogP contribution in [0.1, 0.15) is 5.76 Å². The molecule has 1 unspecified atom stereocenters. The lowest BCUT2D eigenvalue weighted by molar-refractivity contribution is 0.326. The quantitative estimate of drug-likeness (QED) is 0.331. The van der Waals surface area contributed by atoms with Gasteiger partial charge in [0.15, 0.2) is 4.11 Å². The molecule has 0 spiro atoms. The number of rotatable bonds is 6. The van der Waals surface area contributed by atoms with Gasteiger partial charge in [-0.1, -0.05) is 6.07 Å². The number of thioether (sulfide) groups is 1. The summed E-state index contributed by atoms with van der Waals surface area (Å²) < 4.78 is 12.4. The molecule has 2 aromatic rings. The van der Waals surface area contributed by atoms with Crippen molar-refractivity contribution < 1.29 is 9.15 Å². The summed E-state index contributed by atoms with van der Waals surface area (Å²) in [7, 11) is 0. The second-order valence-corrected chi connectivity index (χ2v) is 7.68. The number of H-pyrrole nitrogens is 1. The average Bonchev–Trinajstić information content (AvgIpc) is 2.75. The molecule has 1 aromatic carbocycles. The Hall–Kier alpha value is 0.260.